The largest absolute Gasteiger partial charge is 0.493 e. The van der Waals surface area contributed by atoms with Gasteiger partial charge in [-0.25, -0.2) is 13.8 Å². The number of carbonyl (C=O) groups excluding carboxylic acids is 1. The highest BCUT2D eigenvalue weighted by Crippen LogP contribution is 2.37. The molecule has 0 spiro atoms. The minimum atomic E-state index is -3.79. The first-order chi connectivity index (χ1) is 16.3. The topological polar surface area (TPSA) is 115 Å². The number of methoxy groups -OCH3 is 3. The number of rotatable bonds is 9. The maximum absolute atomic E-state index is 12.5. The molecule has 0 aliphatic heterocycles. The third kappa shape index (κ3) is 5.97. The second-order valence-corrected chi connectivity index (χ2v) is 8.91. The maximum atomic E-state index is 12.5. The van der Waals surface area contributed by atoms with Crippen molar-refractivity contribution < 1.29 is 27.4 Å². The Kier molecular flexibility index (Phi) is 7.98. The van der Waals surface area contributed by atoms with Gasteiger partial charge in [0.15, 0.2) is 11.5 Å². The summed E-state index contributed by atoms with van der Waals surface area (Å²) < 4.78 is 43.2. The molecule has 0 saturated heterocycles. The van der Waals surface area contributed by atoms with E-state index in [4.69, 9.17) is 25.8 Å². The molecule has 0 aliphatic carbocycles. The van der Waals surface area contributed by atoms with Crippen LogP contribution < -0.4 is 24.4 Å². The number of hydrogen-bond donors (Lipinski definition) is 2. The molecule has 0 fully saturated rings. The molecule has 178 valence electrons. The normalized spacial score (nSPS) is 11.2. The molecule has 3 aromatic carbocycles. The highest BCUT2D eigenvalue weighted by molar-refractivity contribution is 7.92. The minimum absolute atomic E-state index is 0.0693. The molecule has 0 atom stereocenters. The van der Waals surface area contributed by atoms with Gasteiger partial charge in [0.2, 0.25) is 5.75 Å². The summed E-state index contributed by atoms with van der Waals surface area (Å²) in [5.74, 6) is 0.867. The molecule has 34 heavy (non-hydrogen) atoms. The van der Waals surface area contributed by atoms with Gasteiger partial charge in [-0.1, -0.05) is 11.6 Å². The van der Waals surface area contributed by atoms with Crippen molar-refractivity contribution in [2.45, 2.75) is 4.90 Å². The van der Waals surface area contributed by atoms with Gasteiger partial charge in [-0.05, 0) is 60.7 Å². The molecular formula is C23H22ClN3O6S. The predicted molar refractivity (Wildman–Crippen MR) is 130 cm³/mol. The Balaban J connectivity index is 1.66. The van der Waals surface area contributed by atoms with Gasteiger partial charge in [-0.2, -0.15) is 5.10 Å². The molecule has 1 amide bonds. The monoisotopic (exact) mass is 503 g/mol. The number of benzene rings is 3. The summed E-state index contributed by atoms with van der Waals surface area (Å²) in [5.41, 5.74) is 3.62. The number of nitrogens with zero attached hydrogens (tertiary/aromatic N) is 1. The lowest BCUT2D eigenvalue weighted by molar-refractivity contribution is 0.0955. The fraction of sp³-hybridized carbons (Fsp3) is 0.130. The van der Waals surface area contributed by atoms with Gasteiger partial charge in [0, 0.05) is 21.8 Å². The van der Waals surface area contributed by atoms with E-state index < -0.39 is 15.9 Å². The number of anilines is 1. The molecule has 0 bridgehead atoms. The average Bonchev–Trinajstić information content (AvgIpc) is 2.83. The minimum Gasteiger partial charge on any atom is -0.493 e. The summed E-state index contributed by atoms with van der Waals surface area (Å²) in [7, 11) is 0.714. The lowest BCUT2D eigenvalue weighted by Gasteiger charge is -2.12. The van der Waals surface area contributed by atoms with Crippen molar-refractivity contribution in [2.75, 3.05) is 26.1 Å². The second-order valence-electron chi connectivity index (χ2n) is 6.79. The van der Waals surface area contributed by atoms with Crippen molar-refractivity contribution in [1.82, 2.24) is 5.43 Å². The van der Waals surface area contributed by atoms with Crippen molar-refractivity contribution in [3.05, 3.63) is 76.8 Å². The highest BCUT2D eigenvalue weighted by Gasteiger charge is 2.15. The van der Waals surface area contributed by atoms with Crippen LogP contribution in [0.15, 0.2) is 70.7 Å². The van der Waals surface area contributed by atoms with Crippen LogP contribution in [-0.4, -0.2) is 41.9 Å². The number of nitrogens with one attached hydrogen (secondary N) is 2. The number of amides is 1. The highest BCUT2D eigenvalue weighted by atomic mass is 35.5. The molecule has 0 saturated carbocycles. The van der Waals surface area contributed by atoms with Crippen molar-refractivity contribution >= 4 is 39.4 Å². The van der Waals surface area contributed by atoms with Gasteiger partial charge in [0.05, 0.1) is 32.4 Å². The van der Waals surface area contributed by atoms with E-state index in [0.717, 1.165) is 0 Å². The van der Waals surface area contributed by atoms with Crippen LogP contribution in [0.3, 0.4) is 0 Å². The van der Waals surface area contributed by atoms with Crippen LogP contribution in [0.25, 0.3) is 0 Å². The van der Waals surface area contributed by atoms with Gasteiger partial charge in [0.25, 0.3) is 15.9 Å². The van der Waals surface area contributed by atoms with Crippen LogP contribution in [0.1, 0.15) is 15.9 Å². The Labute approximate surface area is 202 Å². The summed E-state index contributed by atoms with van der Waals surface area (Å²) in [5, 5.41) is 4.39. The fourth-order valence-corrected chi connectivity index (χ4v) is 4.11. The number of hydrogen-bond acceptors (Lipinski definition) is 7. The molecule has 9 nitrogen and oxygen atoms in total. The molecule has 2 N–H and O–H groups in total. The van der Waals surface area contributed by atoms with Gasteiger partial charge >= 0.3 is 0 Å². The van der Waals surface area contributed by atoms with Crippen molar-refractivity contribution in [1.29, 1.82) is 0 Å². The van der Waals surface area contributed by atoms with E-state index in [1.807, 2.05) is 0 Å². The number of halogens is 1. The Morgan fingerprint density at radius 2 is 1.50 bits per heavy atom. The molecule has 0 unspecified atom stereocenters. The molecule has 0 radical (unpaired) electrons. The summed E-state index contributed by atoms with van der Waals surface area (Å²) >= 11 is 5.80. The first-order valence-electron chi connectivity index (χ1n) is 9.79. The number of ether oxygens (including phenoxy) is 3. The first-order valence-corrected chi connectivity index (χ1v) is 11.7. The van der Waals surface area contributed by atoms with Gasteiger partial charge in [-0.3, -0.25) is 9.52 Å². The van der Waals surface area contributed by atoms with E-state index in [2.05, 4.69) is 15.2 Å². The Morgan fingerprint density at radius 1 is 0.912 bits per heavy atom. The van der Waals surface area contributed by atoms with E-state index >= 15 is 0 Å². The zero-order valence-electron chi connectivity index (χ0n) is 18.5. The van der Waals surface area contributed by atoms with Crippen LogP contribution >= 0.6 is 11.6 Å². The quantitative estimate of drug-likeness (QED) is 0.337. The van der Waals surface area contributed by atoms with Crippen LogP contribution in [0.4, 0.5) is 5.69 Å². The Hall–Kier alpha value is -3.76. The average molecular weight is 504 g/mol. The van der Waals surface area contributed by atoms with Crippen molar-refractivity contribution in [2.24, 2.45) is 5.10 Å². The molecule has 0 aromatic heterocycles. The fourth-order valence-electron chi connectivity index (χ4n) is 2.92. The Morgan fingerprint density at radius 3 is 2.03 bits per heavy atom. The van der Waals surface area contributed by atoms with E-state index in [1.54, 1.807) is 12.1 Å². The van der Waals surface area contributed by atoms with E-state index in [9.17, 15) is 13.2 Å². The molecule has 0 aliphatic rings. The number of carbonyl (C=O) groups is 1. The van der Waals surface area contributed by atoms with Crippen LogP contribution in [0, 0.1) is 0 Å². The summed E-state index contributed by atoms with van der Waals surface area (Å²) in [4.78, 5) is 12.5. The van der Waals surface area contributed by atoms with Crippen LogP contribution in [-0.2, 0) is 10.0 Å². The third-order valence-corrected chi connectivity index (χ3v) is 6.24. The SMILES string of the molecule is COc1cc(/C=N\NC(=O)c2ccc(NS(=O)(=O)c3ccc(Cl)cc3)cc2)cc(OC)c1OC. The smallest absolute Gasteiger partial charge is 0.271 e. The van der Waals surface area contributed by atoms with Crippen LogP contribution in [0.2, 0.25) is 5.02 Å². The maximum Gasteiger partial charge on any atom is 0.271 e. The van der Waals surface area contributed by atoms with E-state index in [0.29, 0.717) is 33.5 Å². The predicted octanol–water partition coefficient (Wildman–Crippen LogP) is 3.93. The van der Waals surface area contributed by atoms with E-state index in [-0.39, 0.29) is 10.5 Å². The molecule has 0 heterocycles. The molecule has 11 heteroatoms. The molecule has 3 rings (SSSR count). The zero-order chi connectivity index (χ0) is 24.7. The lowest BCUT2D eigenvalue weighted by atomic mass is 10.2. The van der Waals surface area contributed by atoms with Gasteiger partial charge < -0.3 is 14.2 Å². The summed E-state index contributed by atoms with van der Waals surface area (Å²) in [6, 6.07) is 15.0. The third-order valence-electron chi connectivity index (χ3n) is 4.59. The molecular weight excluding hydrogens is 482 g/mol. The summed E-state index contributed by atoms with van der Waals surface area (Å²) in [6.45, 7) is 0. The Bertz CT molecular complexity index is 1270. The summed E-state index contributed by atoms with van der Waals surface area (Å²) in [6.07, 6.45) is 1.43. The number of hydrazone groups is 1. The van der Waals surface area contributed by atoms with Crippen LogP contribution in [0.5, 0.6) is 17.2 Å². The van der Waals surface area contributed by atoms with Gasteiger partial charge in [-0.15, -0.1) is 0 Å². The lowest BCUT2D eigenvalue weighted by Crippen LogP contribution is -2.18. The second kappa shape index (κ2) is 10.9. The number of sulfonamides is 1. The standard InChI is InChI=1S/C23H22ClN3O6S/c1-31-20-12-15(13-21(32-2)22(20)33-3)14-25-26-23(28)16-4-8-18(9-5-16)27-34(29,30)19-10-6-17(24)7-11-19/h4-14,27H,1-3H3,(H,26,28)/b25-14-. The van der Waals surface area contributed by atoms with E-state index in [1.165, 1.54) is 76.1 Å². The van der Waals surface area contributed by atoms with Crippen molar-refractivity contribution in [3.63, 3.8) is 0 Å². The van der Waals surface area contributed by atoms with Gasteiger partial charge in [0.1, 0.15) is 0 Å². The zero-order valence-corrected chi connectivity index (χ0v) is 20.1. The van der Waals surface area contributed by atoms with Crippen molar-refractivity contribution in [3.8, 4) is 17.2 Å². The molecule has 3 aromatic rings. The first kappa shape index (κ1) is 24.9.